The molecule has 0 spiro atoms. The Morgan fingerprint density at radius 1 is 1.40 bits per heavy atom. The molecule has 112 valence electrons. The number of anilines is 1. The molecular weight excluding hydrogens is 302 g/mol. The van der Waals surface area contributed by atoms with E-state index in [1.807, 2.05) is 0 Å². The van der Waals surface area contributed by atoms with Gasteiger partial charge in [0.05, 0.1) is 0 Å². The first-order valence-corrected chi connectivity index (χ1v) is 8.59. The first kappa shape index (κ1) is 15.3. The Morgan fingerprint density at radius 3 is 2.75 bits per heavy atom. The number of hydrogen-bond acceptors (Lipinski definition) is 7. The van der Waals surface area contributed by atoms with Crippen LogP contribution in [0.25, 0.3) is 0 Å². The maximum Gasteiger partial charge on any atom is 0.269 e. The van der Waals surface area contributed by atoms with Gasteiger partial charge in [-0.3, -0.25) is 4.79 Å². The van der Waals surface area contributed by atoms with E-state index in [0.717, 1.165) is 37.3 Å². The molecule has 0 atom stereocenters. The fraction of sp³-hybridized carbons (Fsp3) is 0.700. The van der Waals surface area contributed by atoms with Crippen LogP contribution in [0.3, 0.4) is 0 Å². The molecule has 0 bridgehead atoms. The van der Waals surface area contributed by atoms with E-state index in [-0.39, 0.29) is 15.4 Å². The number of nitrogens with one attached hydrogen (secondary N) is 3. The van der Waals surface area contributed by atoms with Crippen LogP contribution in [0.1, 0.15) is 19.8 Å². The molecule has 1 aliphatic rings. The molecule has 20 heavy (non-hydrogen) atoms. The van der Waals surface area contributed by atoms with Crippen molar-refractivity contribution in [3.8, 4) is 0 Å². The lowest BCUT2D eigenvalue weighted by Crippen LogP contribution is -2.35. The van der Waals surface area contributed by atoms with Crippen LogP contribution in [0, 0.1) is 5.92 Å². The summed E-state index contributed by atoms with van der Waals surface area (Å²) in [7, 11) is -3.65. The zero-order valence-corrected chi connectivity index (χ0v) is 12.7. The number of carbonyl (C=O) groups excluding carboxylic acids is 1. The van der Waals surface area contributed by atoms with E-state index in [0.29, 0.717) is 12.5 Å². The Bertz CT molecular complexity index is 565. The van der Waals surface area contributed by atoms with Gasteiger partial charge in [-0.15, -0.1) is 10.2 Å². The SMILES string of the molecule is CC(=O)Nc1nnc(S(=O)(=O)NCC2CCNCC2)s1. The quantitative estimate of drug-likeness (QED) is 0.646. The van der Waals surface area contributed by atoms with Gasteiger partial charge in [0.1, 0.15) is 0 Å². The average Bonchev–Trinajstić information content (AvgIpc) is 2.86. The Labute approximate surface area is 121 Å². The van der Waals surface area contributed by atoms with Gasteiger partial charge in [-0.1, -0.05) is 11.3 Å². The van der Waals surface area contributed by atoms with Gasteiger partial charge in [-0.25, -0.2) is 13.1 Å². The molecule has 1 aliphatic heterocycles. The van der Waals surface area contributed by atoms with E-state index < -0.39 is 10.0 Å². The van der Waals surface area contributed by atoms with Crippen molar-refractivity contribution in [3.63, 3.8) is 0 Å². The van der Waals surface area contributed by atoms with Crippen LogP contribution in [0.4, 0.5) is 5.13 Å². The molecule has 1 saturated heterocycles. The first-order valence-electron chi connectivity index (χ1n) is 6.29. The average molecular weight is 319 g/mol. The highest BCUT2D eigenvalue weighted by atomic mass is 32.2. The van der Waals surface area contributed by atoms with Crippen molar-refractivity contribution in [2.45, 2.75) is 24.1 Å². The normalized spacial score (nSPS) is 17.1. The highest BCUT2D eigenvalue weighted by Gasteiger charge is 2.22. The minimum absolute atomic E-state index is 0.129. The largest absolute Gasteiger partial charge is 0.317 e. The van der Waals surface area contributed by atoms with E-state index in [4.69, 9.17) is 0 Å². The molecule has 0 unspecified atom stereocenters. The predicted molar refractivity (Wildman–Crippen MR) is 75.0 cm³/mol. The van der Waals surface area contributed by atoms with Gasteiger partial charge in [-0.2, -0.15) is 0 Å². The van der Waals surface area contributed by atoms with E-state index in [1.54, 1.807) is 0 Å². The van der Waals surface area contributed by atoms with Crippen LogP contribution in [0.15, 0.2) is 4.34 Å². The highest BCUT2D eigenvalue weighted by molar-refractivity contribution is 7.91. The van der Waals surface area contributed by atoms with Crippen molar-refractivity contribution in [1.82, 2.24) is 20.2 Å². The first-order chi connectivity index (χ1) is 9.47. The van der Waals surface area contributed by atoms with Crippen molar-refractivity contribution < 1.29 is 13.2 Å². The van der Waals surface area contributed by atoms with Crippen molar-refractivity contribution in [1.29, 1.82) is 0 Å². The summed E-state index contributed by atoms with van der Waals surface area (Å²) in [6.07, 6.45) is 1.91. The number of nitrogens with zero attached hydrogens (tertiary/aromatic N) is 2. The number of piperidine rings is 1. The third-order valence-corrected chi connectivity index (χ3v) is 5.57. The van der Waals surface area contributed by atoms with Crippen molar-refractivity contribution in [3.05, 3.63) is 0 Å². The zero-order chi connectivity index (χ0) is 14.6. The molecule has 0 radical (unpaired) electrons. The topological polar surface area (TPSA) is 113 Å². The van der Waals surface area contributed by atoms with Gasteiger partial charge in [0.25, 0.3) is 10.0 Å². The summed E-state index contributed by atoms with van der Waals surface area (Å²) in [5.74, 6) is 0.0292. The lowest BCUT2D eigenvalue weighted by atomic mass is 9.99. The fourth-order valence-electron chi connectivity index (χ4n) is 1.89. The second-order valence-electron chi connectivity index (χ2n) is 4.60. The number of hydrogen-bond donors (Lipinski definition) is 3. The Morgan fingerprint density at radius 2 is 2.10 bits per heavy atom. The van der Waals surface area contributed by atoms with Crippen LogP contribution < -0.4 is 15.4 Å². The maximum absolute atomic E-state index is 12.0. The van der Waals surface area contributed by atoms with E-state index in [2.05, 4.69) is 25.6 Å². The smallest absolute Gasteiger partial charge is 0.269 e. The summed E-state index contributed by atoms with van der Waals surface area (Å²) in [5, 5.41) is 13.0. The summed E-state index contributed by atoms with van der Waals surface area (Å²) in [6, 6.07) is 0. The van der Waals surface area contributed by atoms with E-state index in [1.165, 1.54) is 6.92 Å². The second kappa shape index (κ2) is 6.57. The number of amides is 1. The lowest BCUT2D eigenvalue weighted by molar-refractivity contribution is -0.114. The van der Waals surface area contributed by atoms with Gasteiger partial charge < -0.3 is 10.6 Å². The minimum atomic E-state index is -3.65. The van der Waals surface area contributed by atoms with Crippen LogP contribution >= 0.6 is 11.3 Å². The van der Waals surface area contributed by atoms with E-state index >= 15 is 0 Å². The Kier molecular flexibility index (Phi) is 5.02. The van der Waals surface area contributed by atoms with Crippen LogP contribution in [0.2, 0.25) is 0 Å². The van der Waals surface area contributed by atoms with Gasteiger partial charge in [0.2, 0.25) is 15.4 Å². The molecule has 0 aliphatic carbocycles. The second-order valence-corrected chi connectivity index (χ2v) is 7.52. The molecule has 2 rings (SSSR count). The third kappa shape index (κ3) is 4.20. The van der Waals surface area contributed by atoms with Gasteiger partial charge in [0, 0.05) is 13.5 Å². The van der Waals surface area contributed by atoms with Crippen molar-refractivity contribution in [2.24, 2.45) is 5.92 Å². The summed E-state index contributed by atoms with van der Waals surface area (Å²) >= 11 is 0.838. The van der Waals surface area contributed by atoms with Gasteiger partial charge in [0.15, 0.2) is 0 Å². The maximum atomic E-state index is 12.0. The molecule has 1 amide bonds. The molecule has 3 N–H and O–H groups in total. The van der Waals surface area contributed by atoms with Crippen LogP contribution in [0.5, 0.6) is 0 Å². The molecule has 1 aromatic rings. The summed E-state index contributed by atoms with van der Waals surface area (Å²) in [5.41, 5.74) is 0. The lowest BCUT2D eigenvalue weighted by Gasteiger charge is -2.22. The molecule has 8 nitrogen and oxygen atoms in total. The van der Waals surface area contributed by atoms with Crippen molar-refractivity contribution >= 4 is 32.4 Å². The molecule has 0 saturated carbocycles. The molecular formula is C10H17N5O3S2. The van der Waals surface area contributed by atoms with Gasteiger partial charge >= 0.3 is 0 Å². The monoisotopic (exact) mass is 319 g/mol. The Hall–Kier alpha value is -1.10. The molecule has 0 aromatic carbocycles. The summed E-state index contributed by atoms with van der Waals surface area (Å²) in [4.78, 5) is 10.9. The Balaban J connectivity index is 1.95. The standard InChI is InChI=1S/C10H17N5O3S2/c1-7(16)13-9-14-15-10(19-9)20(17,18)12-6-8-2-4-11-5-3-8/h8,11-12H,2-6H2,1H3,(H,13,14,16). The highest BCUT2D eigenvalue weighted by Crippen LogP contribution is 2.20. The van der Waals surface area contributed by atoms with Crippen LogP contribution in [-0.4, -0.2) is 44.2 Å². The fourth-order valence-corrected chi connectivity index (χ4v) is 4.00. The van der Waals surface area contributed by atoms with Gasteiger partial charge in [-0.05, 0) is 31.8 Å². The molecule has 10 heteroatoms. The summed E-state index contributed by atoms with van der Waals surface area (Å²) in [6.45, 7) is 3.56. The summed E-state index contributed by atoms with van der Waals surface area (Å²) < 4.78 is 26.5. The number of rotatable bonds is 5. The van der Waals surface area contributed by atoms with Crippen LogP contribution in [-0.2, 0) is 14.8 Å². The zero-order valence-electron chi connectivity index (χ0n) is 11.0. The van der Waals surface area contributed by atoms with Crippen molar-refractivity contribution in [2.75, 3.05) is 25.0 Å². The number of aromatic nitrogens is 2. The molecule has 2 heterocycles. The number of sulfonamides is 1. The molecule has 1 aromatic heterocycles. The molecule has 1 fully saturated rings. The van der Waals surface area contributed by atoms with E-state index in [9.17, 15) is 13.2 Å². The predicted octanol–water partition coefficient (Wildman–Crippen LogP) is -0.226. The number of carbonyl (C=O) groups is 1. The minimum Gasteiger partial charge on any atom is -0.317 e. The third-order valence-electron chi connectivity index (χ3n) is 2.94.